The third-order valence-corrected chi connectivity index (χ3v) is 6.06. The van der Waals surface area contributed by atoms with Crippen LogP contribution in [0.25, 0.3) is 11.0 Å². The zero-order chi connectivity index (χ0) is 23.1. The van der Waals surface area contributed by atoms with E-state index in [4.69, 9.17) is 24.2 Å². The van der Waals surface area contributed by atoms with Gasteiger partial charge in [0.2, 0.25) is 0 Å². The van der Waals surface area contributed by atoms with Crippen LogP contribution in [-0.2, 0) is 9.47 Å². The van der Waals surface area contributed by atoms with E-state index in [2.05, 4.69) is 21.3 Å². The van der Waals surface area contributed by atoms with Crippen LogP contribution in [-0.4, -0.2) is 60.4 Å². The number of anilines is 2. The molecule has 2 aliphatic rings. The number of esters is 1. The first-order valence-electron chi connectivity index (χ1n) is 11.1. The summed E-state index contributed by atoms with van der Waals surface area (Å²) in [6.07, 6.45) is 0. The predicted molar refractivity (Wildman–Crippen MR) is 124 cm³/mol. The van der Waals surface area contributed by atoms with Gasteiger partial charge >= 0.3 is 5.97 Å². The van der Waals surface area contributed by atoms with Crippen molar-refractivity contribution in [2.75, 3.05) is 43.7 Å². The predicted octanol–water partition coefficient (Wildman–Crippen LogP) is 3.20. The van der Waals surface area contributed by atoms with Crippen LogP contribution in [0, 0.1) is 13.8 Å². The van der Waals surface area contributed by atoms with Gasteiger partial charge in [0.05, 0.1) is 49.1 Å². The average molecular weight is 450 g/mol. The third-order valence-electron chi connectivity index (χ3n) is 6.06. The molecule has 1 N–H and O–H groups in total. The van der Waals surface area contributed by atoms with Gasteiger partial charge in [0.15, 0.2) is 11.5 Å². The molecule has 0 unspecified atom stereocenters. The fraction of sp³-hybridized carbons (Fsp3) is 0.417. The molecule has 0 spiro atoms. The highest BCUT2D eigenvalue weighted by Crippen LogP contribution is 2.36. The van der Waals surface area contributed by atoms with Crippen molar-refractivity contribution < 1.29 is 19.0 Å². The van der Waals surface area contributed by atoms with Crippen LogP contribution < -0.4 is 15.0 Å². The molecule has 0 radical (unpaired) electrons. The first-order chi connectivity index (χ1) is 15.9. The second-order valence-corrected chi connectivity index (χ2v) is 8.51. The number of hydrogen-bond donors (Lipinski definition) is 1. The maximum Gasteiger partial charge on any atom is 0.358 e. The highest BCUT2D eigenvalue weighted by molar-refractivity contribution is 5.93. The largest absolute Gasteiger partial charge is 0.473 e. The summed E-state index contributed by atoms with van der Waals surface area (Å²) in [6, 6.07) is 7.81. The second kappa shape index (κ2) is 8.47. The van der Waals surface area contributed by atoms with Crippen molar-refractivity contribution in [1.29, 1.82) is 0 Å². The molecule has 2 aliphatic heterocycles. The van der Waals surface area contributed by atoms with Crippen molar-refractivity contribution in [3.63, 3.8) is 0 Å². The first-order valence-corrected chi connectivity index (χ1v) is 11.1. The molecule has 0 saturated carbocycles. The number of ether oxygens (including phenoxy) is 3. The summed E-state index contributed by atoms with van der Waals surface area (Å²) in [5, 5.41) is 3.42. The number of aromatic nitrogens is 3. The molecule has 1 aromatic carbocycles. The van der Waals surface area contributed by atoms with Crippen molar-refractivity contribution in [1.82, 2.24) is 15.0 Å². The summed E-state index contributed by atoms with van der Waals surface area (Å²) < 4.78 is 16.5. The number of rotatable bonds is 4. The van der Waals surface area contributed by atoms with Gasteiger partial charge in [-0.25, -0.2) is 19.7 Å². The van der Waals surface area contributed by atoms with E-state index in [1.165, 1.54) is 7.11 Å². The Morgan fingerprint density at radius 3 is 2.88 bits per heavy atom. The number of nitrogens with zero attached hydrogens (tertiary/aromatic N) is 4. The van der Waals surface area contributed by atoms with E-state index in [-0.39, 0.29) is 17.8 Å². The van der Waals surface area contributed by atoms with Crippen molar-refractivity contribution in [2.24, 2.45) is 0 Å². The minimum atomic E-state index is -0.482. The Labute approximate surface area is 192 Å². The highest BCUT2D eigenvalue weighted by atomic mass is 16.5. The van der Waals surface area contributed by atoms with Crippen LogP contribution in [0.5, 0.6) is 5.88 Å². The van der Waals surface area contributed by atoms with E-state index in [1.54, 1.807) is 0 Å². The summed E-state index contributed by atoms with van der Waals surface area (Å²) in [6.45, 7) is 8.50. The van der Waals surface area contributed by atoms with Gasteiger partial charge in [-0.3, -0.25) is 0 Å². The smallest absolute Gasteiger partial charge is 0.358 e. The molecule has 5 rings (SSSR count). The van der Waals surface area contributed by atoms with Crippen molar-refractivity contribution in [3.05, 3.63) is 46.8 Å². The molecule has 33 heavy (non-hydrogen) atoms. The zero-order valence-corrected chi connectivity index (χ0v) is 19.2. The topological polar surface area (TPSA) is 98.7 Å². The van der Waals surface area contributed by atoms with Gasteiger partial charge in [-0.1, -0.05) is 6.07 Å². The third kappa shape index (κ3) is 3.93. The molecule has 0 amide bonds. The van der Waals surface area contributed by atoms with Gasteiger partial charge in [0.25, 0.3) is 5.88 Å². The van der Waals surface area contributed by atoms with Crippen LogP contribution in [0.3, 0.4) is 0 Å². The van der Waals surface area contributed by atoms with Gasteiger partial charge in [0.1, 0.15) is 6.61 Å². The van der Waals surface area contributed by atoms with E-state index in [1.807, 2.05) is 39.0 Å². The summed E-state index contributed by atoms with van der Waals surface area (Å²) in [5.41, 5.74) is 5.22. The number of aryl methyl sites for hydroxylation is 2. The summed E-state index contributed by atoms with van der Waals surface area (Å²) in [5.74, 6) is 0.838. The lowest BCUT2D eigenvalue weighted by atomic mass is 10.0. The van der Waals surface area contributed by atoms with Gasteiger partial charge in [-0.15, -0.1) is 0 Å². The Bertz CT molecular complexity index is 1230. The molecule has 0 aliphatic carbocycles. The first kappa shape index (κ1) is 21.4. The van der Waals surface area contributed by atoms with E-state index in [0.29, 0.717) is 31.4 Å². The number of hydrogen-bond acceptors (Lipinski definition) is 9. The van der Waals surface area contributed by atoms with E-state index < -0.39 is 5.97 Å². The molecular formula is C24H27N5O4. The summed E-state index contributed by atoms with van der Waals surface area (Å²) in [4.78, 5) is 28.7. The lowest BCUT2D eigenvalue weighted by Crippen LogP contribution is -2.51. The Morgan fingerprint density at radius 1 is 1.21 bits per heavy atom. The van der Waals surface area contributed by atoms with E-state index >= 15 is 0 Å². The molecule has 2 aromatic heterocycles. The molecule has 0 bridgehead atoms. The van der Waals surface area contributed by atoms with Crippen LogP contribution >= 0.6 is 0 Å². The molecule has 1 saturated heterocycles. The molecule has 9 heteroatoms. The van der Waals surface area contributed by atoms with E-state index in [9.17, 15) is 4.79 Å². The Kier molecular flexibility index (Phi) is 5.49. The molecule has 4 heterocycles. The monoisotopic (exact) mass is 449 g/mol. The fourth-order valence-corrected chi connectivity index (χ4v) is 4.41. The van der Waals surface area contributed by atoms with Gasteiger partial charge in [-0.2, -0.15) is 0 Å². The number of carbonyl (C=O) groups excluding carboxylic acids is 1. The zero-order valence-electron chi connectivity index (χ0n) is 19.2. The van der Waals surface area contributed by atoms with Crippen molar-refractivity contribution in [3.8, 4) is 5.88 Å². The second-order valence-electron chi connectivity index (χ2n) is 8.51. The SMILES string of the molecule is COC(=O)c1nc(C)ccc1N[C@H](C)c1cc(C)cc2nc3c(nc12)OC[C@@H]1COCCN31. The maximum atomic E-state index is 12.3. The van der Waals surface area contributed by atoms with Gasteiger partial charge < -0.3 is 24.4 Å². The van der Waals surface area contributed by atoms with Crippen LogP contribution in [0.1, 0.15) is 40.3 Å². The molecule has 1 fully saturated rings. The molecule has 9 nitrogen and oxygen atoms in total. The molecule has 172 valence electrons. The normalized spacial score (nSPS) is 18.2. The molecule has 3 aromatic rings. The number of methoxy groups -OCH3 is 1. The number of fused-ring (bicyclic) bond motifs is 4. The van der Waals surface area contributed by atoms with Gasteiger partial charge in [-0.05, 0) is 44.5 Å². The lowest BCUT2D eigenvalue weighted by molar-refractivity contribution is 0.0595. The number of carbonyl (C=O) groups is 1. The number of morpholine rings is 1. The van der Waals surface area contributed by atoms with Gasteiger partial charge in [0, 0.05) is 17.8 Å². The summed E-state index contributed by atoms with van der Waals surface area (Å²) in [7, 11) is 1.35. The van der Waals surface area contributed by atoms with Crippen molar-refractivity contribution >= 4 is 28.5 Å². The van der Waals surface area contributed by atoms with Crippen LogP contribution in [0.4, 0.5) is 11.5 Å². The van der Waals surface area contributed by atoms with Crippen molar-refractivity contribution in [2.45, 2.75) is 32.9 Å². The minimum Gasteiger partial charge on any atom is -0.473 e. The standard InChI is InChI=1S/C24H27N5O4/c1-13-9-17(15(3)26-18-6-5-14(2)25-21(18)24(30)31-4)20-19(10-13)27-22-23(28-20)33-12-16-11-32-8-7-29(16)22/h5-6,9-10,15-16,26H,7-8,11-12H2,1-4H3/t15-,16+/m1/s1. The molecule has 2 atom stereocenters. The Hall–Kier alpha value is -3.46. The maximum absolute atomic E-state index is 12.3. The average Bonchev–Trinajstić information content (AvgIpc) is 2.82. The Balaban J connectivity index is 1.54. The Morgan fingerprint density at radius 2 is 2.06 bits per heavy atom. The fourth-order valence-electron chi connectivity index (χ4n) is 4.41. The number of pyridine rings is 1. The highest BCUT2D eigenvalue weighted by Gasteiger charge is 2.33. The summed E-state index contributed by atoms with van der Waals surface area (Å²) >= 11 is 0. The number of benzene rings is 1. The molecular weight excluding hydrogens is 422 g/mol. The van der Waals surface area contributed by atoms with Crippen LogP contribution in [0.15, 0.2) is 24.3 Å². The lowest BCUT2D eigenvalue weighted by Gasteiger charge is -2.39. The van der Waals surface area contributed by atoms with Crippen LogP contribution in [0.2, 0.25) is 0 Å². The minimum absolute atomic E-state index is 0.161. The van der Waals surface area contributed by atoms with E-state index in [0.717, 1.165) is 40.2 Å². The quantitative estimate of drug-likeness (QED) is 0.602. The number of nitrogens with one attached hydrogen (secondary N) is 1.